The van der Waals surface area contributed by atoms with Gasteiger partial charge in [0, 0.05) is 56.3 Å². The zero-order valence-corrected chi connectivity index (χ0v) is 18.4. The molecule has 1 aromatic carbocycles. The number of fused-ring (bicyclic) bond motifs is 1. The lowest BCUT2D eigenvalue weighted by atomic mass is 9.99. The summed E-state index contributed by atoms with van der Waals surface area (Å²) in [5.41, 5.74) is 2.44. The van der Waals surface area contributed by atoms with Crippen molar-refractivity contribution in [1.82, 2.24) is 19.7 Å². The molecule has 2 amide bonds. The largest absolute Gasteiger partial charge is 0.379 e. The van der Waals surface area contributed by atoms with Crippen molar-refractivity contribution in [3.05, 3.63) is 41.6 Å². The summed E-state index contributed by atoms with van der Waals surface area (Å²) in [5, 5.41) is 0.881. The lowest BCUT2D eigenvalue weighted by Crippen LogP contribution is -2.44. The number of aromatic nitrogens is 1. The Morgan fingerprint density at radius 1 is 0.938 bits per heavy atom. The van der Waals surface area contributed by atoms with Gasteiger partial charge in [0.1, 0.15) is 0 Å². The first-order chi connectivity index (χ1) is 15.7. The molecule has 8 nitrogen and oxygen atoms in total. The summed E-state index contributed by atoms with van der Waals surface area (Å²) in [4.78, 5) is 37.0. The van der Waals surface area contributed by atoms with Crippen LogP contribution in [0.15, 0.2) is 30.3 Å². The minimum absolute atomic E-state index is 0.0337. The van der Waals surface area contributed by atoms with Gasteiger partial charge in [-0.15, -0.1) is 0 Å². The third-order valence-corrected chi connectivity index (χ3v) is 6.69. The van der Waals surface area contributed by atoms with Crippen LogP contribution in [-0.2, 0) is 14.3 Å². The van der Waals surface area contributed by atoms with Crippen LogP contribution in [0.25, 0.3) is 10.9 Å². The van der Waals surface area contributed by atoms with E-state index in [1.54, 1.807) is 0 Å². The van der Waals surface area contributed by atoms with Crippen molar-refractivity contribution in [2.45, 2.75) is 12.3 Å². The summed E-state index contributed by atoms with van der Waals surface area (Å²) in [5.74, 6) is 0.343. The first-order valence-electron chi connectivity index (χ1n) is 11.5. The van der Waals surface area contributed by atoms with Crippen LogP contribution >= 0.6 is 0 Å². The lowest BCUT2D eigenvalue weighted by molar-refractivity contribution is -0.132. The number of carbonyl (C=O) groups excluding carboxylic acids is 2. The minimum atomic E-state index is 0.0337. The molecule has 32 heavy (non-hydrogen) atoms. The van der Waals surface area contributed by atoms with Gasteiger partial charge in [0.05, 0.1) is 44.1 Å². The van der Waals surface area contributed by atoms with Crippen LogP contribution in [0.5, 0.6) is 0 Å². The van der Waals surface area contributed by atoms with Gasteiger partial charge in [-0.1, -0.05) is 18.2 Å². The number of hydrogen-bond acceptors (Lipinski definition) is 6. The molecule has 3 aliphatic rings. The number of likely N-dealkylation sites (tertiary alicyclic amines) is 1. The highest BCUT2D eigenvalue weighted by Gasteiger charge is 2.31. The number of benzene rings is 1. The molecule has 0 radical (unpaired) electrons. The minimum Gasteiger partial charge on any atom is -0.379 e. The molecule has 1 atom stereocenters. The first kappa shape index (κ1) is 21.3. The molecule has 0 bridgehead atoms. The Morgan fingerprint density at radius 3 is 2.44 bits per heavy atom. The predicted molar refractivity (Wildman–Crippen MR) is 120 cm³/mol. The van der Waals surface area contributed by atoms with Crippen molar-refractivity contribution < 1.29 is 19.1 Å². The summed E-state index contributed by atoms with van der Waals surface area (Å²) < 4.78 is 10.8. The smallest absolute Gasteiger partial charge is 0.254 e. The second-order valence-corrected chi connectivity index (χ2v) is 8.73. The Labute approximate surface area is 188 Å². The number of pyridine rings is 1. The van der Waals surface area contributed by atoms with Crippen LogP contribution in [0.4, 0.5) is 0 Å². The van der Waals surface area contributed by atoms with Crippen LogP contribution in [0.2, 0.25) is 0 Å². The normalized spacial score (nSPS) is 22.4. The molecule has 0 N–H and O–H groups in total. The molecule has 3 aliphatic heterocycles. The van der Waals surface area contributed by atoms with E-state index in [-0.39, 0.29) is 17.7 Å². The molecule has 5 rings (SSSR count). The molecular weight excluding hydrogens is 408 g/mol. The predicted octanol–water partition coefficient (Wildman–Crippen LogP) is 1.36. The molecule has 0 spiro atoms. The third-order valence-electron chi connectivity index (χ3n) is 6.69. The quantitative estimate of drug-likeness (QED) is 0.718. The summed E-state index contributed by atoms with van der Waals surface area (Å²) in [6.45, 7) is 7.19. The van der Waals surface area contributed by atoms with E-state index in [1.165, 1.54) is 0 Å². The van der Waals surface area contributed by atoms with Crippen molar-refractivity contribution >= 4 is 22.7 Å². The SMILES string of the molecule is O=C(CN1CCOCC1)N1CC[C@H](c2cc(C(=O)N3CCOCC3)c3ccccc3n2)C1. The summed E-state index contributed by atoms with van der Waals surface area (Å²) in [6, 6.07) is 9.79. The first-order valence-corrected chi connectivity index (χ1v) is 11.5. The van der Waals surface area contributed by atoms with E-state index in [4.69, 9.17) is 14.5 Å². The fourth-order valence-electron chi connectivity index (χ4n) is 4.80. The van der Waals surface area contributed by atoms with Crippen molar-refractivity contribution in [2.75, 3.05) is 72.2 Å². The van der Waals surface area contributed by atoms with Gasteiger partial charge in [-0.25, -0.2) is 0 Å². The zero-order chi connectivity index (χ0) is 21.9. The van der Waals surface area contributed by atoms with E-state index in [1.807, 2.05) is 40.1 Å². The molecule has 4 heterocycles. The maximum Gasteiger partial charge on any atom is 0.254 e. The third kappa shape index (κ3) is 4.48. The number of morpholine rings is 2. The van der Waals surface area contributed by atoms with E-state index in [9.17, 15) is 9.59 Å². The van der Waals surface area contributed by atoms with Gasteiger partial charge in [0.25, 0.3) is 5.91 Å². The Balaban J connectivity index is 1.35. The number of amides is 2. The van der Waals surface area contributed by atoms with E-state index in [0.717, 1.165) is 42.7 Å². The zero-order valence-electron chi connectivity index (χ0n) is 18.4. The fourth-order valence-corrected chi connectivity index (χ4v) is 4.80. The van der Waals surface area contributed by atoms with Crippen LogP contribution in [-0.4, -0.2) is 104 Å². The number of nitrogens with zero attached hydrogens (tertiary/aromatic N) is 4. The van der Waals surface area contributed by atoms with Gasteiger partial charge in [-0.05, 0) is 18.6 Å². The molecule has 0 unspecified atom stereocenters. The molecule has 1 aromatic heterocycles. The average Bonchev–Trinajstić information content (AvgIpc) is 3.35. The summed E-state index contributed by atoms with van der Waals surface area (Å²) in [7, 11) is 0. The molecule has 3 saturated heterocycles. The molecule has 170 valence electrons. The van der Waals surface area contributed by atoms with Gasteiger partial charge < -0.3 is 19.3 Å². The summed E-state index contributed by atoms with van der Waals surface area (Å²) in [6.07, 6.45) is 0.866. The molecule has 2 aromatic rings. The molecular formula is C24H30N4O4. The number of rotatable bonds is 4. The molecule has 8 heteroatoms. The number of carbonyl (C=O) groups is 2. The maximum atomic E-state index is 13.3. The highest BCUT2D eigenvalue weighted by atomic mass is 16.5. The monoisotopic (exact) mass is 438 g/mol. The standard InChI is InChI=1S/C24H30N4O4/c29-23(17-26-7-11-31-12-8-26)28-6-5-18(16-28)22-15-20(19-3-1-2-4-21(19)25-22)24(30)27-9-13-32-14-10-27/h1-4,15,18H,5-14,16-17H2/t18-/m0/s1. The van der Waals surface area contributed by atoms with Crippen LogP contribution < -0.4 is 0 Å². The van der Waals surface area contributed by atoms with Crippen molar-refractivity contribution in [3.8, 4) is 0 Å². The highest BCUT2D eigenvalue weighted by Crippen LogP contribution is 2.30. The molecule has 0 aliphatic carbocycles. The van der Waals surface area contributed by atoms with Gasteiger partial charge in [0.2, 0.25) is 5.91 Å². The van der Waals surface area contributed by atoms with E-state index >= 15 is 0 Å². The Bertz CT molecular complexity index is 985. The molecule has 0 saturated carbocycles. The lowest BCUT2D eigenvalue weighted by Gasteiger charge is -2.28. The maximum absolute atomic E-state index is 13.3. The van der Waals surface area contributed by atoms with Gasteiger partial charge in [-0.3, -0.25) is 19.5 Å². The Hall–Kier alpha value is -2.55. The average molecular weight is 439 g/mol. The fraction of sp³-hybridized carbons (Fsp3) is 0.542. The topological polar surface area (TPSA) is 75.2 Å². The Morgan fingerprint density at radius 2 is 1.66 bits per heavy atom. The second kappa shape index (κ2) is 9.52. The second-order valence-electron chi connectivity index (χ2n) is 8.73. The number of hydrogen-bond donors (Lipinski definition) is 0. The van der Waals surface area contributed by atoms with Gasteiger partial charge >= 0.3 is 0 Å². The number of ether oxygens (including phenoxy) is 2. The van der Waals surface area contributed by atoms with E-state index < -0.39 is 0 Å². The Kier molecular flexibility index (Phi) is 6.34. The van der Waals surface area contributed by atoms with Crippen molar-refractivity contribution in [1.29, 1.82) is 0 Å². The van der Waals surface area contributed by atoms with Crippen molar-refractivity contribution in [2.24, 2.45) is 0 Å². The summed E-state index contributed by atoms with van der Waals surface area (Å²) >= 11 is 0. The number of para-hydroxylation sites is 1. The van der Waals surface area contributed by atoms with Crippen molar-refractivity contribution in [3.63, 3.8) is 0 Å². The van der Waals surface area contributed by atoms with E-state index in [0.29, 0.717) is 58.2 Å². The highest BCUT2D eigenvalue weighted by molar-refractivity contribution is 6.06. The van der Waals surface area contributed by atoms with Gasteiger partial charge in [0.15, 0.2) is 0 Å². The van der Waals surface area contributed by atoms with Crippen LogP contribution in [0.3, 0.4) is 0 Å². The van der Waals surface area contributed by atoms with Crippen LogP contribution in [0.1, 0.15) is 28.4 Å². The molecule has 3 fully saturated rings. The van der Waals surface area contributed by atoms with Crippen LogP contribution in [0, 0.1) is 0 Å². The van der Waals surface area contributed by atoms with E-state index in [2.05, 4.69) is 4.90 Å². The van der Waals surface area contributed by atoms with Gasteiger partial charge in [-0.2, -0.15) is 0 Å².